The number of hydrogen-bond donors (Lipinski definition) is 2. The smallest absolute Gasteiger partial charge is 0.303 e. The van der Waals surface area contributed by atoms with Gasteiger partial charge in [0.2, 0.25) is 10.0 Å². The van der Waals surface area contributed by atoms with Gasteiger partial charge in [-0.25, -0.2) is 13.1 Å². The summed E-state index contributed by atoms with van der Waals surface area (Å²) in [4.78, 5) is 10.6. The van der Waals surface area contributed by atoms with Gasteiger partial charge in [-0.05, 0) is 37.1 Å². The van der Waals surface area contributed by atoms with Gasteiger partial charge in [-0.1, -0.05) is 24.6 Å². The average molecular weight is 361 g/mol. The lowest BCUT2D eigenvalue weighted by molar-refractivity contribution is -0.137. The van der Waals surface area contributed by atoms with Crippen molar-refractivity contribution in [1.82, 2.24) is 4.72 Å². The molecule has 0 spiro atoms. The van der Waals surface area contributed by atoms with Gasteiger partial charge in [-0.2, -0.15) is 0 Å². The molecule has 0 radical (unpaired) electrons. The topological polar surface area (TPSA) is 96.6 Å². The molecular formula is C18H19NO5S. The zero-order valence-corrected chi connectivity index (χ0v) is 14.4. The summed E-state index contributed by atoms with van der Waals surface area (Å²) in [5.41, 5.74) is 1.37. The standard InChI is InChI=1S/C18H19NO5S/c20-18(21)8-2-1-5-11-19-25(22,23)13-9-10-17-15(12-13)14-6-3-4-7-16(14)24-17/h3-4,6-7,9-10,12,19H,1-2,5,8,11H2,(H,20,21). The number of hydrogen-bond acceptors (Lipinski definition) is 4. The van der Waals surface area contributed by atoms with Crippen molar-refractivity contribution in [2.75, 3.05) is 6.54 Å². The van der Waals surface area contributed by atoms with Crippen LogP contribution in [-0.2, 0) is 14.8 Å². The van der Waals surface area contributed by atoms with Crippen LogP contribution in [0.25, 0.3) is 21.9 Å². The molecule has 7 heteroatoms. The van der Waals surface area contributed by atoms with Crippen LogP contribution in [0.2, 0.25) is 0 Å². The van der Waals surface area contributed by atoms with Crippen LogP contribution in [0.1, 0.15) is 25.7 Å². The molecule has 25 heavy (non-hydrogen) atoms. The number of aliphatic carboxylic acids is 1. The average Bonchev–Trinajstić information content (AvgIpc) is 2.95. The number of para-hydroxylation sites is 1. The Morgan fingerprint density at radius 2 is 1.76 bits per heavy atom. The second kappa shape index (κ2) is 7.25. The summed E-state index contributed by atoms with van der Waals surface area (Å²) in [6.45, 7) is 0.284. The van der Waals surface area contributed by atoms with Gasteiger partial charge in [0, 0.05) is 23.7 Å². The highest BCUT2D eigenvalue weighted by Gasteiger charge is 2.16. The van der Waals surface area contributed by atoms with Gasteiger partial charge in [-0.3, -0.25) is 4.79 Å². The maximum absolute atomic E-state index is 12.4. The molecule has 0 atom stereocenters. The molecule has 0 amide bonds. The molecule has 2 aromatic carbocycles. The molecule has 1 aromatic heterocycles. The van der Waals surface area contributed by atoms with Crippen molar-refractivity contribution in [1.29, 1.82) is 0 Å². The van der Waals surface area contributed by atoms with Crippen LogP contribution in [0, 0.1) is 0 Å². The molecular weight excluding hydrogens is 342 g/mol. The molecule has 0 aliphatic carbocycles. The van der Waals surface area contributed by atoms with Crippen molar-refractivity contribution < 1.29 is 22.7 Å². The maximum atomic E-state index is 12.4. The molecule has 2 N–H and O–H groups in total. The summed E-state index contributed by atoms with van der Waals surface area (Å²) >= 11 is 0. The van der Waals surface area contributed by atoms with Crippen LogP contribution < -0.4 is 4.72 Å². The number of sulfonamides is 1. The molecule has 0 saturated heterocycles. The highest BCUT2D eigenvalue weighted by Crippen LogP contribution is 2.30. The van der Waals surface area contributed by atoms with E-state index in [9.17, 15) is 13.2 Å². The minimum absolute atomic E-state index is 0.108. The highest BCUT2D eigenvalue weighted by molar-refractivity contribution is 7.89. The van der Waals surface area contributed by atoms with E-state index in [-0.39, 0.29) is 17.9 Å². The molecule has 0 aliphatic heterocycles. The lowest BCUT2D eigenvalue weighted by atomic mass is 10.1. The number of rotatable bonds is 8. The fraction of sp³-hybridized carbons (Fsp3) is 0.278. The van der Waals surface area contributed by atoms with E-state index in [1.807, 2.05) is 24.3 Å². The third-order valence-corrected chi connectivity index (χ3v) is 5.48. The van der Waals surface area contributed by atoms with E-state index < -0.39 is 16.0 Å². The summed E-state index contributed by atoms with van der Waals surface area (Å²) in [5.74, 6) is -0.832. The van der Waals surface area contributed by atoms with Crippen molar-refractivity contribution in [3.63, 3.8) is 0 Å². The lowest BCUT2D eigenvalue weighted by Gasteiger charge is -2.06. The minimum Gasteiger partial charge on any atom is -0.481 e. The first kappa shape index (κ1) is 17.4. The van der Waals surface area contributed by atoms with Crippen molar-refractivity contribution in [2.24, 2.45) is 0 Å². The quantitative estimate of drug-likeness (QED) is 0.599. The number of furan rings is 1. The minimum atomic E-state index is -3.61. The van der Waals surface area contributed by atoms with Crippen LogP contribution in [0.5, 0.6) is 0 Å². The van der Waals surface area contributed by atoms with Crippen LogP contribution in [0.4, 0.5) is 0 Å². The monoisotopic (exact) mass is 361 g/mol. The van der Waals surface area contributed by atoms with Crippen LogP contribution in [-0.4, -0.2) is 26.0 Å². The Bertz CT molecular complexity index is 1010. The fourth-order valence-electron chi connectivity index (χ4n) is 2.74. The second-order valence-electron chi connectivity index (χ2n) is 5.86. The van der Waals surface area contributed by atoms with E-state index in [2.05, 4.69) is 4.72 Å². The predicted molar refractivity (Wildman–Crippen MR) is 95.0 cm³/mol. The van der Waals surface area contributed by atoms with Gasteiger partial charge < -0.3 is 9.52 Å². The van der Waals surface area contributed by atoms with Gasteiger partial charge in [0.05, 0.1) is 4.90 Å². The third-order valence-electron chi connectivity index (χ3n) is 4.02. The number of nitrogens with one attached hydrogen (secondary N) is 1. The van der Waals surface area contributed by atoms with Gasteiger partial charge in [0.15, 0.2) is 0 Å². The van der Waals surface area contributed by atoms with Gasteiger partial charge in [0.25, 0.3) is 0 Å². The molecule has 0 bridgehead atoms. The molecule has 132 valence electrons. The van der Waals surface area contributed by atoms with E-state index in [0.717, 1.165) is 16.4 Å². The summed E-state index contributed by atoms with van der Waals surface area (Å²) in [6.07, 6.45) is 1.92. The first-order chi connectivity index (χ1) is 12.0. The lowest BCUT2D eigenvalue weighted by Crippen LogP contribution is -2.24. The number of carboxylic acid groups (broad SMARTS) is 1. The first-order valence-electron chi connectivity index (χ1n) is 8.10. The van der Waals surface area contributed by atoms with Crippen LogP contribution >= 0.6 is 0 Å². The molecule has 1 heterocycles. The van der Waals surface area contributed by atoms with E-state index in [4.69, 9.17) is 9.52 Å². The molecule has 3 aromatic rings. The van der Waals surface area contributed by atoms with Crippen molar-refractivity contribution >= 4 is 37.9 Å². The van der Waals surface area contributed by atoms with E-state index >= 15 is 0 Å². The summed E-state index contributed by atoms with van der Waals surface area (Å²) in [7, 11) is -3.61. The van der Waals surface area contributed by atoms with Crippen LogP contribution in [0.3, 0.4) is 0 Å². The summed E-state index contributed by atoms with van der Waals surface area (Å²) < 4.78 is 33.1. The highest BCUT2D eigenvalue weighted by atomic mass is 32.2. The Morgan fingerprint density at radius 3 is 2.56 bits per heavy atom. The SMILES string of the molecule is O=C(O)CCCCCNS(=O)(=O)c1ccc2oc3ccccc3c2c1. The Hall–Kier alpha value is -2.38. The molecule has 6 nitrogen and oxygen atoms in total. The molecule has 0 fully saturated rings. The van der Waals surface area contributed by atoms with Crippen LogP contribution in [0.15, 0.2) is 51.8 Å². The number of benzene rings is 2. The van der Waals surface area contributed by atoms with Gasteiger partial charge >= 0.3 is 5.97 Å². The Kier molecular flexibility index (Phi) is 5.06. The van der Waals surface area contributed by atoms with E-state index in [1.165, 1.54) is 6.07 Å². The van der Waals surface area contributed by atoms with Gasteiger partial charge in [0.1, 0.15) is 11.2 Å². The van der Waals surface area contributed by atoms with Crippen molar-refractivity contribution in [3.8, 4) is 0 Å². The molecule has 0 unspecified atom stereocenters. The molecule has 3 rings (SSSR count). The zero-order chi connectivity index (χ0) is 17.9. The fourth-order valence-corrected chi connectivity index (χ4v) is 3.84. The third kappa shape index (κ3) is 4.00. The number of unbranched alkanes of at least 4 members (excludes halogenated alkanes) is 2. The number of fused-ring (bicyclic) bond motifs is 3. The Morgan fingerprint density at radius 1 is 1.00 bits per heavy atom. The summed E-state index contributed by atoms with van der Waals surface area (Å²) in [6, 6.07) is 12.3. The van der Waals surface area contributed by atoms with Crippen molar-refractivity contribution in [3.05, 3.63) is 42.5 Å². The summed E-state index contributed by atoms with van der Waals surface area (Å²) in [5, 5.41) is 10.2. The Labute approximate surface area is 145 Å². The number of carbonyl (C=O) groups is 1. The Balaban J connectivity index is 1.71. The van der Waals surface area contributed by atoms with E-state index in [1.54, 1.807) is 12.1 Å². The zero-order valence-electron chi connectivity index (χ0n) is 13.6. The predicted octanol–water partition coefficient (Wildman–Crippen LogP) is 3.51. The second-order valence-corrected chi connectivity index (χ2v) is 7.63. The van der Waals surface area contributed by atoms with E-state index in [0.29, 0.717) is 24.8 Å². The molecule has 0 saturated carbocycles. The number of carboxylic acids is 1. The van der Waals surface area contributed by atoms with Crippen molar-refractivity contribution in [2.45, 2.75) is 30.6 Å². The molecule has 0 aliphatic rings. The normalized spacial score (nSPS) is 12.0. The first-order valence-corrected chi connectivity index (χ1v) is 9.58. The largest absolute Gasteiger partial charge is 0.481 e. The van der Waals surface area contributed by atoms with Gasteiger partial charge in [-0.15, -0.1) is 0 Å². The maximum Gasteiger partial charge on any atom is 0.303 e.